The summed E-state index contributed by atoms with van der Waals surface area (Å²) in [7, 11) is 4.37. The maximum atomic E-state index is 4.68. The topological polar surface area (TPSA) is 37.2 Å². The summed E-state index contributed by atoms with van der Waals surface area (Å²) in [5, 5.41) is 4.30. The summed E-state index contributed by atoms with van der Waals surface area (Å²) in [6.45, 7) is 4.01. The quantitative estimate of drug-likeness (QED) is 0.713. The molecule has 1 aromatic carbocycles. The number of hydrogen-bond donors (Lipinski definition) is 0. The summed E-state index contributed by atoms with van der Waals surface area (Å²) < 4.78 is 1.82. The number of likely N-dealkylation sites (N-methyl/N-ethyl adjacent to an activating group) is 1. The number of rotatable bonds is 4. The highest BCUT2D eigenvalue weighted by Gasteiger charge is 2.23. The molecule has 0 radical (unpaired) electrons. The largest absolute Gasteiger partial charge is 0.365 e. The maximum absolute atomic E-state index is 4.68. The second kappa shape index (κ2) is 7.53. The van der Waals surface area contributed by atoms with Gasteiger partial charge in [0.1, 0.15) is 0 Å². The van der Waals surface area contributed by atoms with Gasteiger partial charge in [-0.1, -0.05) is 18.2 Å². The molecule has 3 aromatic rings. The first kappa shape index (κ1) is 17.7. The number of fused-ring (bicyclic) bond motifs is 1. The van der Waals surface area contributed by atoms with E-state index >= 15 is 0 Å². The molecule has 0 saturated carbocycles. The van der Waals surface area contributed by atoms with Crippen LogP contribution in [0, 0.1) is 6.92 Å². The highest BCUT2D eigenvalue weighted by atomic mass is 15.3. The first-order valence-electron chi connectivity index (χ1n) is 9.56. The Morgan fingerprint density at radius 2 is 2.04 bits per heavy atom. The van der Waals surface area contributed by atoms with Crippen molar-refractivity contribution in [1.82, 2.24) is 19.7 Å². The number of benzene rings is 1. The van der Waals surface area contributed by atoms with Gasteiger partial charge in [0.15, 0.2) is 5.82 Å². The smallest absolute Gasteiger partial charge is 0.156 e. The van der Waals surface area contributed by atoms with Crippen molar-refractivity contribution in [3.05, 3.63) is 71.7 Å². The zero-order valence-electron chi connectivity index (χ0n) is 16.3. The van der Waals surface area contributed by atoms with Crippen molar-refractivity contribution in [3.8, 4) is 5.82 Å². The maximum Gasteiger partial charge on any atom is 0.156 e. The average molecular weight is 361 g/mol. The van der Waals surface area contributed by atoms with Crippen LogP contribution in [0.15, 0.2) is 55.0 Å². The summed E-state index contributed by atoms with van der Waals surface area (Å²) in [4.78, 5) is 9.54. The second-order valence-electron chi connectivity index (χ2n) is 7.60. The van der Waals surface area contributed by atoms with Gasteiger partial charge in [0.05, 0.1) is 0 Å². The van der Waals surface area contributed by atoms with Crippen molar-refractivity contribution < 1.29 is 0 Å². The Bertz CT molecular complexity index is 901. The molecule has 1 atom stereocenters. The van der Waals surface area contributed by atoms with E-state index < -0.39 is 0 Å². The van der Waals surface area contributed by atoms with Gasteiger partial charge in [-0.3, -0.25) is 0 Å². The van der Waals surface area contributed by atoms with Crippen LogP contribution in [0.4, 0.5) is 5.69 Å². The molecule has 0 aliphatic carbocycles. The molecule has 3 heterocycles. The molecule has 27 heavy (non-hydrogen) atoms. The minimum atomic E-state index is 0.551. The molecule has 0 fully saturated rings. The van der Waals surface area contributed by atoms with Gasteiger partial charge in [-0.05, 0) is 68.8 Å². The number of aryl methyl sites for hydroxylation is 2. The number of anilines is 1. The van der Waals surface area contributed by atoms with Crippen molar-refractivity contribution in [1.29, 1.82) is 0 Å². The molecule has 5 heteroatoms. The number of aromatic nitrogens is 3. The Hall–Kier alpha value is -2.66. The van der Waals surface area contributed by atoms with E-state index in [0.717, 1.165) is 30.9 Å². The zero-order chi connectivity index (χ0) is 18.8. The van der Waals surface area contributed by atoms with Gasteiger partial charge in [-0.2, -0.15) is 5.10 Å². The molecule has 1 unspecified atom stereocenters. The van der Waals surface area contributed by atoms with Crippen LogP contribution in [0.3, 0.4) is 0 Å². The lowest BCUT2D eigenvalue weighted by Crippen LogP contribution is -2.39. The first-order chi connectivity index (χ1) is 13.1. The first-order valence-corrected chi connectivity index (χ1v) is 9.56. The van der Waals surface area contributed by atoms with Crippen LogP contribution in [0.1, 0.15) is 23.1 Å². The standard InChI is InChI=1S/C22H27N5/c1-17-13-18(14-23-22(17)27-12-6-11-24-27)15-26-16-20(25(2)3)10-9-19-7-4-5-8-21(19)26/h4-8,11-14,20H,9-10,15-16H2,1-3H3. The zero-order valence-corrected chi connectivity index (χ0v) is 16.3. The van der Waals surface area contributed by atoms with Crippen molar-refractivity contribution in [2.24, 2.45) is 0 Å². The Morgan fingerprint density at radius 1 is 1.19 bits per heavy atom. The molecular weight excluding hydrogens is 334 g/mol. The van der Waals surface area contributed by atoms with Crippen LogP contribution in [0.5, 0.6) is 0 Å². The molecular formula is C22H27N5. The van der Waals surface area contributed by atoms with Gasteiger partial charge in [0, 0.05) is 43.4 Å². The number of nitrogens with zero attached hydrogens (tertiary/aromatic N) is 5. The molecule has 5 nitrogen and oxygen atoms in total. The minimum Gasteiger partial charge on any atom is -0.365 e. The SMILES string of the molecule is Cc1cc(CN2CC(N(C)C)CCc3ccccc32)cnc1-n1cccn1. The Labute approximate surface area is 161 Å². The lowest BCUT2D eigenvalue weighted by atomic mass is 10.1. The van der Waals surface area contributed by atoms with E-state index in [4.69, 9.17) is 0 Å². The third-order valence-corrected chi connectivity index (χ3v) is 5.44. The molecule has 0 saturated heterocycles. The van der Waals surface area contributed by atoms with E-state index in [2.05, 4.69) is 71.2 Å². The summed E-state index contributed by atoms with van der Waals surface area (Å²) in [6, 6.07) is 13.5. The van der Waals surface area contributed by atoms with Crippen LogP contribution < -0.4 is 4.90 Å². The molecule has 1 aliphatic rings. The van der Waals surface area contributed by atoms with Crippen molar-refractivity contribution in [3.63, 3.8) is 0 Å². The third kappa shape index (κ3) is 3.74. The lowest BCUT2D eigenvalue weighted by molar-refractivity contribution is 0.283. The number of para-hydroxylation sites is 1. The fraction of sp³-hybridized carbons (Fsp3) is 0.364. The van der Waals surface area contributed by atoms with Crippen LogP contribution in [0.2, 0.25) is 0 Å². The van der Waals surface area contributed by atoms with Crippen LogP contribution >= 0.6 is 0 Å². The van der Waals surface area contributed by atoms with Crippen LogP contribution in [-0.2, 0) is 13.0 Å². The highest BCUT2D eigenvalue weighted by molar-refractivity contribution is 5.55. The Morgan fingerprint density at radius 3 is 2.78 bits per heavy atom. The van der Waals surface area contributed by atoms with E-state index in [1.54, 1.807) is 6.20 Å². The summed E-state index contributed by atoms with van der Waals surface area (Å²) in [6.07, 6.45) is 8.02. The highest BCUT2D eigenvalue weighted by Crippen LogP contribution is 2.29. The predicted molar refractivity (Wildman–Crippen MR) is 109 cm³/mol. The van der Waals surface area contributed by atoms with Gasteiger partial charge in [0.2, 0.25) is 0 Å². The van der Waals surface area contributed by atoms with Gasteiger partial charge >= 0.3 is 0 Å². The minimum absolute atomic E-state index is 0.551. The third-order valence-electron chi connectivity index (χ3n) is 5.44. The molecule has 0 bridgehead atoms. The molecule has 140 valence electrons. The monoisotopic (exact) mass is 361 g/mol. The van der Waals surface area contributed by atoms with Gasteiger partial charge in [-0.25, -0.2) is 9.67 Å². The van der Waals surface area contributed by atoms with Crippen molar-refractivity contribution >= 4 is 5.69 Å². The molecule has 0 amide bonds. The van der Waals surface area contributed by atoms with E-state index in [-0.39, 0.29) is 0 Å². The second-order valence-corrected chi connectivity index (χ2v) is 7.60. The Balaban J connectivity index is 1.62. The lowest BCUT2D eigenvalue weighted by Gasteiger charge is -2.31. The van der Waals surface area contributed by atoms with Gasteiger partial charge < -0.3 is 9.80 Å². The van der Waals surface area contributed by atoms with Gasteiger partial charge in [-0.15, -0.1) is 0 Å². The summed E-state index contributed by atoms with van der Waals surface area (Å²) >= 11 is 0. The normalized spacial score (nSPS) is 17.0. The number of hydrogen-bond acceptors (Lipinski definition) is 4. The molecule has 4 rings (SSSR count). The van der Waals surface area contributed by atoms with Crippen molar-refractivity contribution in [2.45, 2.75) is 32.4 Å². The van der Waals surface area contributed by atoms with E-state index in [1.165, 1.54) is 23.2 Å². The summed E-state index contributed by atoms with van der Waals surface area (Å²) in [5.74, 6) is 0.895. The summed E-state index contributed by atoms with van der Waals surface area (Å²) in [5.41, 5.74) is 5.18. The molecule has 0 N–H and O–H groups in total. The predicted octanol–water partition coefficient (Wildman–Crippen LogP) is 3.46. The Kier molecular flexibility index (Phi) is 4.94. The van der Waals surface area contributed by atoms with Gasteiger partial charge in [0.25, 0.3) is 0 Å². The average Bonchev–Trinajstić information content (AvgIpc) is 3.12. The molecule has 2 aromatic heterocycles. The van der Waals surface area contributed by atoms with E-state index in [1.807, 2.05) is 23.1 Å². The van der Waals surface area contributed by atoms with E-state index in [0.29, 0.717) is 6.04 Å². The molecule has 0 spiro atoms. The molecule has 1 aliphatic heterocycles. The fourth-order valence-electron chi connectivity index (χ4n) is 3.93. The van der Waals surface area contributed by atoms with Crippen molar-refractivity contribution in [2.75, 3.05) is 25.5 Å². The fourth-order valence-corrected chi connectivity index (χ4v) is 3.93. The van der Waals surface area contributed by atoms with Crippen LogP contribution in [-0.4, -0.2) is 46.3 Å². The van der Waals surface area contributed by atoms with Crippen LogP contribution in [0.25, 0.3) is 5.82 Å². The number of pyridine rings is 1. The van der Waals surface area contributed by atoms with E-state index in [9.17, 15) is 0 Å².